The van der Waals surface area contributed by atoms with Gasteiger partial charge in [-0.25, -0.2) is 8.42 Å². The van der Waals surface area contributed by atoms with Gasteiger partial charge in [0.1, 0.15) is 0 Å². The molecule has 148 valence electrons. The van der Waals surface area contributed by atoms with Crippen molar-refractivity contribution in [1.29, 1.82) is 0 Å². The fourth-order valence-corrected chi connectivity index (χ4v) is 6.17. The first-order chi connectivity index (χ1) is 13.2. The molecule has 4 rings (SSSR count). The van der Waals surface area contributed by atoms with E-state index in [1.54, 1.807) is 6.92 Å². The molecule has 0 amide bonds. The van der Waals surface area contributed by atoms with E-state index in [4.69, 9.17) is 0 Å². The molecule has 0 spiro atoms. The topological polar surface area (TPSA) is 83.8 Å². The third kappa shape index (κ3) is 2.87. The van der Waals surface area contributed by atoms with Crippen LogP contribution < -0.4 is 4.31 Å². The average Bonchev–Trinajstić information content (AvgIpc) is 2.95. The van der Waals surface area contributed by atoms with Gasteiger partial charge in [0, 0.05) is 24.1 Å². The number of anilines is 1. The largest absolute Gasteiger partial charge is 0.306 e. The summed E-state index contributed by atoms with van der Waals surface area (Å²) in [4.78, 5) is 13.0. The summed E-state index contributed by atoms with van der Waals surface area (Å²) in [6.07, 6.45) is 0.724. The van der Waals surface area contributed by atoms with Gasteiger partial charge in [-0.15, -0.1) is 0 Å². The lowest BCUT2D eigenvalue weighted by atomic mass is 9.89. The molecule has 2 aromatic rings. The van der Waals surface area contributed by atoms with Gasteiger partial charge in [-0.3, -0.25) is 14.4 Å². The fourth-order valence-electron chi connectivity index (χ4n) is 4.41. The van der Waals surface area contributed by atoms with Crippen LogP contribution in [0.25, 0.3) is 0 Å². The predicted molar refractivity (Wildman–Crippen MR) is 107 cm³/mol. The van der Waals surface area contributed by atoms with E-state index >= 15 is 0 Å². The molecule has 0 bridgehead atoms. The monoisotopic (exact) mass is 401 g/mol. The Morgan fingerprint density at radius 1 is 1.14 bits per heavy atom. The summed E-state index contributed by atoms with van der Waals surface area (Å²) in [6.45, 7) is 5.22. The summed E-state index contributed by atoms with van der Waals surface area (Å²) in [5, 5.41) is 11.3. The van der Waals surface area contributed by atoms with E-state index in [9.17, 15) is 18.5 Å². The second-order valence-corrected chi connectivity index (χ2v) is 9.61. The molecule has 0 unspecified atom stereocenters. The third-order valence-corrected chi connectivity index (χ3v) is 7.67. The highest BCUT2D eigenvalue weighted by Crippen LogP contribution is 2.47. The van der Waals surface area contributed by atoms with Crippen LogP contribution in [0.3, 0.4) is 0 Å². The predicted octanol–water partition coefficient (Wildman–Crippen LogP) is 3.21. The summed E-state index contributed by atoms with van der Waals surface area (Å²) in [5.41, 5.74) is 3.10. The molecule has 28 heavy (non-hydrogen) atoms. The molecule has 2 aliphatic rings. The second kappa shape index (κ2) is 6.56. The van der Waals surface area contributed by atoms with E-state index in [1.165, 1.54) is 22.5 Å². The number of hydrogen-bond acceptors (Lipinski definition) is 5. The number of likely N-dealkylation sites (tertiary alicyclic amines) is 1. The summed E-state index contributed by atoms with van der Waals surface area (Å²) >= 11 is 0. The Hall–Kier alpha value is -2.45. The van der Waals surface area contributed by atoms with Crippen LogP contribution >= 0.6 is 0 Å². The Bertz CT molecular complexity index is 1070. The van der Waals surface area contributed by atoms with E-state index in [-0.39, 0.29) is 22.5 Å². The van der Waals surface area contributed by atoms with Gasteiger partial charge in [0.05, 0.1) is 21.5 Å². The van der Waals surface area contributed by atoms with E-state index < -0.39 is 14.9 Å². The highest BCUT2D eigenvalue weighted by molar-refractivity contribution is 7.92. The standard InChI is InChI=1S/C20H23N3O4S/c1-13-4-7-18-16(10-13)17-12-21(3)9-8-19(17)22(18)28(26,27)15-6-5-14(2)20(11-15)23(24)25/h4-7,10-11,17,19H,8-9,12H2,1-3H3/t17-,19+/m1/s1. The SMILES string of the molecule is Cc1ccc2c(c1)[C@H]1CN(C)CC[C@@H]1N2S(=O)(=O)c1ccc(C)c([N+](=O)[O-])c1. The lowest BCUT2D eigenvalue weighted by Crippen LogP contribution is -2.47. The van der Waals surface area contributed by atoms with E-state index in [0.29, 0.717) is 11.3 Å². The Balaban J connectivity index is 1.86. The molecule has 0 radical (unpaired) electrons. The number of likely N-dealkylation sites (N-methyl/N-ethyl adjacent to an activating group) is 1. The molecule has 8 heteroatoms. The molecule has 1 saturated heterocycles. The van der Waals surface area contributed by atoms with Gasteiger partial charge < -0.3 is 4.90 Å². The minimum atomic E-state index is -3.92. The number of fused-ring (bicyclic) bond motifs is 3. The number of nitro groups is 1. The first kappa shape index (κ1) is 18.9. The van der Waals surface area contributed by atoms with Crippen LogP contribution in [0.15, 0.2) is 41.3 Å². The van der Waals surface area contributed by atoms with Gasteiger partial charge in [-0.05, 0) is 51.6 Å². The summed E-state index contributed by atoms with van der Waals surface area (Å²) in [6, 6.07) is 9.83. The van der Waals surface area contributed by atoms with Crippen LogP contribution in [0.2, 0.25) is 0 Å². The number of sulfonamides is 1. The van der Waals surface area contributed by atoms with Crippen molar-refractivity contribution in [3.05, 3.63) is 63.2 Å². The molecule has 2 heterocycles. The molecule has 2 atom stereocenters. The number of benzene rings is 2. The van der Waals surface area contributed by atoms with Crippen molar-refractivity contribution in [1.82, 2.24) is 4.90 Å². The normalized spacial score (nSPS) is 22.0. The van der Waals surface area contributed by atoms with Crippen LogP contribution in [0.1, 0.15) is 29.0 Å². The first-order valence-electron chi connectivity index (χ1n) is 9.28. The number of hydrogen-bond donors (Lipinski definition) is 0. The summed E-state index contributed by atoms with van der Waals surface area (Å²) in [7, 11) is -1.87. The lowest BCUT2D eigenvalue weighted by Gasteiger charge is -2.36. The molecular formula is C20H23N3O4S. The average molecular weight is 401 g/mol. The third-order valence-electron chi connectivity index (χ3n) is 5.83. The van der Waals surface area contributed by atoms with Crippen LogP contribution in [0.4, 0.5) is 11.4 Å². The highest BCUT2D eigenvalue weighted by Gasteiger charge is 2.46. The number of aryl methyl sites for hydroxylation is 2. The Morgan fingerprint density at radius 3 is 2.61 bits per heavy atom. The molecule has 2 aromatic carbocycles. The van der Waals surface area contributed by atoms with Crippen molar-refractivity contribution in [3.63, 3.8) is 0 Å². The van der Waals surface area contributed by atoms with Crippen molar-refractivity contribution in [2.24, 2.45) is 0 Å². The minimum Gasteiger partial charge on any atom is -0.306 e. The summed E-state index contributed by atoms with van der Waals surface area (Å²) < 4.78 is 28.7. The van der Waals surface area contributed by atoms with Crippen LogP contribution in [0.5, 0.6) is 0 Å². The van der Waals surface area contributed by atoms with E-state index in [1.807, 2.05) is 26.1 Å². The zero-order chi connectivity index (χ0) is 20.2. The van der Waals surface area contributed by atoms with Gasteiger partial charge in [0.2, 0.25) is 0 Å². The maximum Gasteiger partial charge on any atom is 0.273 e. The van der Waals surface area contributed by atoms with Gasteiger partial charge in [0.15, 0.2) is 0 Å². The zero-order valence-electron chi connectivity index (χ0n) is 16.1. The number of nitro benzene ring substituents is 1. The minimum absolute atomic E-state index is 0.0316. The Labute approximate surface area is 164 Å². The van der Waals surface area contributed by atoms with Gasteiger partial charge >= 0.3 is 0 Å². The molecule has 1 fully saturated rings. The van der Waals surface area contributed by atoms with Crippen molar-refractivity contribution in [3.8, 4) is 0 Å². The van der Waals surface area contributed by atoms with Crippen LogP contribution in [-0.2, 0) is 10.0 Å². The molecule has 0 N–H and O–H groups in total. The highest BCUT2D eigenvalue weighted by atomic mass is 32.2. The molecule has 0 aliphatic carbocycles. The Kier molecular flexibility index (Phi) is 4.43. The van der Waals surface area contributed by atoms with Crippen molar-refractivity contribution >= 4 is 21.4 Å². The maximum absolute atomic E-state index is 13.6. The van der Waals surface area contributed by atoms with Crippen molar-refractivity contribution in [2.75, 3.05) is 24.4 Å². The second-order valence-electron chi connectivity index (χ2n) is 7.79. The van der Waals surface area contributed by atoms with Crippen LogP contribution in [0, 0.1) is 24.0 Å². The van der Waals surface area contributed by atoms with Crippen molar-refractivity contribution in [2.45, 2.75) is 37.1 Å². The van der Waals surface area contributed by atoms with Crippen LogP contribution in [-0.4, -0.2) is 44.4 Å². The Morgan fingerprint density at radius 2 is 1.89 bits per heavy atom. The lowest BCUT2D eigenvalue weighted by molar-refractivity contribution is -0.385. The number of piperidine rings is 1. The number of nitrogens with zero attached hydrogens (tertiary/aromatic N) is 3. The molecule has 2 aliphatic heterocycles. The quantitative estimate of drug-likeness (QED) is 0.582. The van der Waals surface area contributed by atoms with Gasteiger partial charge in [0.25, 0.3) is 15.7 Å². The first-order valence-corrected chi connectivity index (χ1v) is 10.7. The van der Waals surface area contributed by atoms with Gasteiger partial charge in [-0.2, -0.15) is 0 Å². The maximum atomic E-state index is 13.6. The smallest absolute Gasteiger partial charge is 0.273 e. The molecule has 0 aromatic heterocycles. The van der Waals surface area contributed by atoms with E-state index in [2.05, 4.69) is 11.0 Å². The van der Waals surface area contributed by atoms with Gasteiger partial charge in [-0.1, -0.05) is 23.8 Å². The summed E-state index contributed by atoms with van der Waals surface area (Å²) in [5.74, 6) is 0.101. The van der Waals surface area contributed by atoms with E-state index in [0.717, 1.165) is 30.6 Å². The van der Waals surface area contributed by atoms with Crippen molar-refractivity contribution < 1.29 is 13.3 Å². The number of rotatable bonds is 3. The zero-order valence-corrected chi connectivity index (χ0v) is 16.9. The molecule has 0 saturated carbocycles. The fraction of sp³-hybridized carbons (Fsp3) is 0.400. The molecule has 7 nitrogen and oxygen atoms in total. The molecular weight excluding hydrogens is 378 g/mol.